The maximum Gasteiger partial charge on any atom is 0.226 e. The van der Waals surface area contributed by atoms with Gasteiger partial charge in [0.15, 0.2) is 0 Å². The predicted molar refractivity (Wildman–Crippen MR) is 108 cm³/mol. The van der Waals surface area contributed by atoms with Gasteiger partial charge in [0.25, 0.3) is 0 Å². The smallest absolute Gasteiger partial charge is 0.226 e. The molecule has 150 valence electrons. The summed E-state index contributed by atoms with van der Waals surface area (Å²) in [6, 6.07) is 17.5. The van der Waals surface area contributed by atoms with Gasteiger partial charge in [-0.2, -0.15) is 0 Å². The van der Waals surface area contributed by atoms with Crippen LogP contribution in [0.15, 0.2) is 54.6 Å². The summed E-state index contributed by atoms with van der Waals surface area (Å²) < 4.78 is 5.75. The number of amides is 1. The minimum absolute atomic E-state index is 0.0378. The fourth-order valence-electron chi connectivity index (χ4n) is 3.48. The minimum atomic E-state index is -0.986. The van der Waals surface area contributed by atoms with E-state index in [0.29, 0.717) is 25.9 Å². The van der Waals surface area contributed by atoms with Crippen LogP contribution in [0.1, 0.15) is 30.4 Å². The molecule has 2 aromatic carbocycles. The zero-order valence-corrected chi connectivity index (χ0v) is 16.2. The molecule has 1 aliphatic heterocycles. The molecule has 0 aliphatic carbocycles. The zero-order chi connectivity index (χ0) is 19.8. The SMILES string of the molecule is O=C(Cc1ccccc1)N1CCCCc2ccccc2OC[C@@H](O)[C@@H](O)CC1. The molecule has 0 bridgehead atoms. The molecule has 0 fully saturated rings. The third-order valence-corrected chi connectivity index (χ3v) is 5.20. The number of ether oxygens (including phenoxy) is 1. The number of aryl methyl sites for hydroxylation is 1. The molecular weight excluding hydrogens is 354 g/mol. The number of nitrogens with zero attached hydrogens (tertiary/aromatic N) is 1. The van der Waals surface area contributed by atoms with Crippen LogP contribution in [0.3, 0.4) is 0 Å². The number of aliphatic hydroxyl groups excluding tert-OH is 2. The summed E-state index contributed by atoms with van der Waals surface area (Å²) in [6.07, 6.45) is 1.45. The van der Waals surface area contributed by atoms with E-state index < -0.39 is 12.2 Å². The zero-order valence-electron chi connectivity index (χ0n) is 16.2. The van der Waals surface area contributed by atoms with Crippen LogP contribution in [0, 0.1) is 0 Å². The summed E-state index contributed by atoms with van der Waals surface area (Å²) in [4.78, 5) is 14.6. The largest absolute Gasteiger partial charge is 0.491 e. The third-order valence-electron chi connectivity index (χ3n) is 5.20. The lowest BCUT2D eigenvalue weighted by molar-refractivity contribution is -0.131. The molecule has 2 N–H and O–H groups in total. The van der Waals surface area contributed by atoms with Crippen LogP contribution < -0.4 is 4.74 Å². The summed E-state index contributed by atoms with van der Waals surface area (Å²) in [5, 5.41) is 20.5. The van der Waals surface area contributed by atoms with Gasteiger partial charge in [-0.05, 0) is 42.9 Å². The van der Waals surface area contributed by atoms with Crippen LogP contribution in [-0.4, -0.2) is 52.9 Å². The molecule has 2 aromatic rings. The van der Waals surface area contributed by atoms with Gasteiger partial charge < -0.3 is 19.8 Å². The van der Waals surface area contributed by atoms with Crippen molar-refractivity contribution in [2.45, 2.75) is 44.3 Å². The van der Waals surface area contributed by atoms with Gasteiger partial charge in [0.2, 0.25) is 5.91 Å². The first kappa shape index (κ1) is 20.4. The quantitative estimate of drug-likeness (QED) is 0.836. The molecule has 0 saturated heterocycles. The summed E-state index contributed by atoms with van der Waals surface area (Å²) in [5.74, 6) is 0.810. The van der Waals surface area contributed by atoms with Crippen LogP contribution in [-0.2, 0) is 17.6 Å². The lowest BCUT2D eigenvalue weighted by atomic mass is 10.1. The van der Waals surface area contributed by atoms with E-state index in [2.05, 4.69) is 0 Å². The molecule has 0 saturated carbocycles. The number of hydrogen-bond donors (Lipinski definition) is 2. The Morgan fingerprint density at radius 1 is 0.964 bits per heavy atom. The molecule has 5 heteroatoms. The molecule has 2 atom stereocenters. The number of carbonyl (C=O) groups is 1. The van der Waals surface area contributed by atoms with Crippen molar-refractivity contribution in [3.05, 3.63) is 65.7 Å². The first-order chi connectivity index (χ1) is 13.6. The van der Waals surface area contributed by atoms with E-state index in [-0.39, 0.29) is 12.5 Å². The van der Waals surface area contributed by atoms with E-state index in [0.717, 1.165) is 36.1 Å². The predicted octanol–water partition coefficient (Wildman–Crippen LogP) is 2.58. The summed E-state index contributed by atoms with van der Waals surface area (Å²) >= 11 is 0. The molecule has 5 nitrogen and oxygen atoms in total. The molecule has 1 heterocycles. The summed E-state index contributed by atoms with van der Waals surface area (Å²) in [7, 11) is 0. The monoisotopic (exact) mass is 383 g/mol. The number of carbonyl (C=O) groups excluding carboxylic acids is 1. The van der Waals surface area contributed by atoms with E-state index in [9.17, 15) is 15.0 Å². The number of benzene rings is 2. The standard InChI is InChI=1S/C23H29NO4/c25-20-13-15-24(23(27)16-18-8-2-1-3-9-18)14-7-6-11-19-10-4-5-12-22(19)28-17-21(20)26/h1-5,8-10,12,20-21,25-26H,6-7,11,13-17H2/t20-,21+/m0/s1. The van der Waals surface area contributed by atoms with E-state index in [1.54, 1.807) is 0 Å². The second-order valence-corrected chi connectivity index (χ2v) is 7.34. The van der Waals surface area contributed by atoms with Gasteiger partial charge >= 0.3 is 0 Å². The number of rotatable bonds is 2. The van der Waals surface area contributed by atoms with Crippen LogP contribution >= 0.6 is 0 Å². The highest BCUT2D eigenvalue weighted by Crippen LogP contribution is 2.21. The maximum atomic E-state index is 12.8. The lowest BCUT2D eigenvalue weighted by Crippen LogP contribution is -2.39. The fraction of sp³-hybridized carbons (Fsp3) is 0.435. The Labute approximate surface area is 166 Å². The van der Waals surface area contributed by atoms with Gasteiger partial charge in [0, 0.05) is 13.1 Å². The molecular formula is C23H29NO4. The van der Waals surface area contributed by atoms with Crippen molar-refractivity contribution in [3.8, 4) is 5.75 Å². The molecule has 1 amide bonds. The molecule has 28 heavy (non-hydrogen) atoms. The first-order valence-electron chi connectivity index (χ1n) is 10.0. The van der Waals surface area contributed by atoms with Crippen molar-refractivity contribution < 1.29 is 19.7 Å². The molecule has 0 radical (unpaired) electrons. The van der Waals surface area contributed by atoms with Crippen LogP contribution in [0.25, 0.3) is 0 Å². The number of aliphatic hydroxyl groups is 2. The highest BCUT2D eigenvalue weighted by atomic mass is 16.5. The second kappa shape index (κ2) is 10.2. The van der Waals surface area contributed by atoms with Crippen molar-refractivity contribution in [1.82, 2.24) is 4.90 Å². The van der Waals surface area contributed by atoms with Gasteiger partial charge in [-0.25, -0.2) is 0 Å². The lowest BCUT2D eigenvalue weighted by Gasteiger charge is -2.25. The van der Waals surface area contributed by atoms with Gasteiger partial charge in [0.05, 0.1) is 12.5 Å². The Hall–Kier alpha value is -2.37. The molecule has 0 aromatic heterocycles. The third kappa shape index (κ3) is 5.81. The molecule has 0 spiro atoms. The number of para-hydroxylation sites is 1. The summed E-state index contributed by atoms with van der Waals surface area (Å²) in [6.45, 7) is 1.12. The van der Waals surface area contributed by atoms with E-state index in [1.807, 2.05) is 59.5 Å². The van der Waals surface area contributed by atoms with Crippen molar-refractivity contribution in [2.24, 2.45) is 0 Å². The Kier molecular flexibility index (Phi) is 7.46. The summed E-state index contributed by atoms with van der Waals surface area (Å²) in [5.41, 5.74) is 2.07. The van der Waals surface area contributed by atoms with Crippen molar-refractivity contribution >= 4 is 5.91 Å². The van der Waals surface area contributed by atoms with Crippen LogP contribution in [0.2, 0.25) is 0 Å². The van der Waals surface area contributed by atoms with Gasteiger partial charge in [0.1, 0.15) is 18.5 Å². The van der Waals surface area contributed by atoms with Crippen molar-refractivity contribution in [1.29, 1.82) is 0 Å². The van der Waals surface area contributed by atoms with E-state index >= 15 is 0 Å². The van der Waals surface area contributed by atoms with Crippen molar-refractivity contribution in [2.75, 3.05) is 19.7 Å². The molecule has 3 rings (SSSR count). The van der Waals surface area contributed by atoms with Crippen LogP contribution in [0.5, 0.6) is 5.75 Å². The molecule has 0 unspecified atom stereocenters. The number of hydrogen-bond acceptors (Lipinski definition) is 4. The molecule has 1 aliphatic rings. The Balaban J connectivity index is 1.68. The van der Waals surface area contributed by atoms with Gasteiger partial charge in [-0.3, -0.25) is 4.79 Å². The fourth-order valence-corrected chi connectivity index (χ4v) is 3.48. The van der Waals surface area contributed by atoms with Gasteiger partial charge in [-0.15, -0.1) is 0 Å². The van der Waals surface area contributed by atoms with Gasteiger partial charge in [-0.1, -0.05) is 48.5 Å². The normalized spacial score (nSPS) is 21.4. The topological polar surface area (TPSA) is 70.0 Å². The average molecular weight is 383 g/mol. The Morgan fingerprint density at radius 3 is 2.54 bits per heavy atom. The second-order valence-electron chi connectivity index (χ2n) is 7.34. The minimum Gasteiger partial charge on any atom is -0.491 e. The maximum absolute atomic E-state index is 12.8. The Morgan fingerprint density at radius 2 is 1.71 bits per heavy atom. The highest BCUT2D eigenvalue weighted by molar-refractivity contribution is 5.78. The van der Waals surface area contributed by atoms with Crippen molar-refractivity contribution in [3.63, 3.8) is 0 Å². The first-order valence-corrected chi connectivity index (χ1v) is 10.0. The van der Waals surface area contributed by atoms with Crippen LogP contribution in [0.4, 0.5) is 0 Å². The number of fused-ring (bicyclic) bond motifs is 1. The Bertz CT molecular complexity index is 749. The highest BCUT2D eigenvalue weighted by Gasteiger charge is 2.21. The average Bonchev–Trinajstić information content (AvgIpc) is 2.73. The van der Waals surface area contributed by atoms with E-state index in [4.69, 9.17) is 4.74 Å². The van der Waals surface area contributed by atoms with E-state index in [1.165, 1.54) is 0 Å².